The lowest BCUT2D eigenvalue weighted by Gasteiger charge is -2.38. The van der Waals surface area contributed by atoms with Crippen molar-refractivity contribution in [2.75, 3.05) is 19.4 Å². The van der Waals surface area contributed by atoms with Gasteiger partial charge in [0.1, 0.15) is 6.10 Å². The summed E-state index contributed by atoms with van der Waals surface area (Å²) >= 11 is 1.40. The highest BCUT2D eigenvalue weighted by Crippen LogP contribution is 2.27. The van der Waals surface area contributed by atoms with E-state index >= 15 is 0 Å². The zero-order valence-electron chi connectivity index (χ0n) is 16.8. The van der Waals surface area contributed by atoms with Gasteiger partial charge in [-0.25, -0.2) is 4.98 Å². The van der Waals surface area contributed by atoms with Gasteiger partial charge in [0, 0.05) is 17.7 Å². The van der Waals surface area contributed by atoms with E-state index in [0.29, 0.717) is 36.0 Å². The van der Waals surface area contributed by atoms with E-state index in [1.165, 1.54) is 11.8 Å². The third kappa shape index (κ3) is 4.47. The smallest absolute Gasteiger partial charge is 0.254 e. The van der Waals surface area contributed by atoms with Gasteiger partial charge >= 0.3 is 0 Å². The fourth-order valence-corrected chi connectivity index (χ4v) is 4.01. The van der Waals surface area contributed by atoms with Crippen molar-refractivity contribution in [3.05, 3.63) is 57.0 Å². The molecule has 2 atom stereocenters. The molecule has 2 unspecified atom stereocenters. The molecule has 6 nitrogen and oxygen atoms in total. The number of nitrogens with zero attached hydrogens (tertiary/aromatic N) is 2. The van der Waals surface area contributed by atoms with Crippen LogP contribution in [0.2, 0.25) is 0 Å². The number of thioether (sulfide) groups is 1. The molecule has 1 aromatic heterocycles. The van der Waals surface area contributed by atoms with E-state index in [9.17, 15) is 9.59 Å². The molecule has 28 heavy (non-hydrogen) atoms. The van der Waals surface area contributed by atoms with Crippen LogP contribution in [-0.4, -0.2) is 46.2 Å². The van der Waals surface area contributed by atoms with Crippen LogP contribution in [0.1, 0.15) is 41.8 Å². The molecule has 1 saturated heterocycles. The van der Waals surface area contributed by atoms with Crippen LogP contribution in [-0.2, 0) is 16.0 Å². The van der Waals surface area contributed by atoms with E-state index in [0.717, 1.165) is 11.1 Å². The molecule has 1 aliphatic heterocycles. The Bertz CT molecular complexity index is 912. The summed E-state index contributed by atoms with van der Waals surface area (Å²) in [5.74, 6) is 0.0436. The van der Waals surface area contributed by atoms with Crippen LogP contribution in [0.3, 0.4) is 0 Å². The molecule has 2 heterocycles. The molecule has 0 spiro atoms. The number of morpholine rings is 1. The minimum Gasteiger partial charge on any atom is -0.370 e. The number of ether oxygens (including phenoxy) is 1. The summed E-state index contributed by atoms with van der Waals surface area (Å²) in [5, 5.41) is 0.598. The number of hydrogen-bond acceptors (Lipinski definition) is 5. The minimum absolute atomic E-state index is 0.0177. The van der Waals surface area contributed by atoms with Gasteiger partial charge in [-0.3, -0.25) is 9.59 Å². The number of rotatable bonds is 5. The average Bonchev–Trinajstić information content (AvgIpc) is 2.68. The van der Waals surface area contributed by atoms with Crippen LogP contribution >= 0.6 is 11.8 Å². The van der Waals surface area contributed by atoms with Crippen LogP contribution in [0.5, 0.6) is 0 Å². The Morgan fingerprint density at radius 2 is 2.11 bits per heavy atom. The highest BCUT2D eigenvalue weighted by atomic mass is 32.2. The first-order chi connectivity index (χ1) is 13.4. The maximum atomic E-state index is 12.9. The van der Waals surface area contributed by atoms with Crippen molar-refractivity contribution in [3.8, 4) is 0 Å². The first kappa shape index (κ1) is 20.6. The van der Waals surface area contributed by atoms with Gasteiger partial charge in [0.25, 0.3) is 5.56 Å². The first-order valence-electron chi connectivity index (χ1n) is 9.51. The van der Waals surface area contributed by atoms with Crippen LogP contribution in [0.4, 0.5) is 0 Å². The summed E-state index contributed by atoms with van der Waals surface area (Å²) in [6.45, 7) is 6.92. The second-order valence-electron chi connectivity index (χ2n) is 7.21. The van der Waals surface area contributed by atoms with E-state index in [4.69, 9.17) is 4.74 Å². The van der Waals surface area contributed by atoms with Crippen molar-refractivity contribution < 1.29 is 9.53 Å². The first-order valence-corrected chi connectivity index (χ1v) is 10.7. The van der Waals surface area contributed by atoms with Gasteiger partial charge in [0.05, 0.1) is 19.2 Å². The summed E-state index contributed by atoms with van der Waals surface area (Å²) in [6, 6.07) is 8.13. The molecule has 1 aliphatic rings. The van der Waals surface area contributed by atoms with Crippen molar-refractivity contribution in [2.24, 2.45) is 0 Å². The lowest BCUT2D eigenvalue weighted by atomic mass is 10.0. The molecular weight excluding hydrogens is 374 g/mol. The predicted molar refractivity (Wildman–Crippen MR) is 111 cm³/mol. The summed E-state index contributed by atoms with van der Waals surface area (Å²) in [4.78, 5) is 34.2. The van der Waals surface area contributed by atoms with E-state index in [1.54, 1.807) is 0 Å². The minimum atomic E-state index is -0.155. The Kier molecular flexibility index (Phi) is 6.57. The highest BCUT2D eigenvalue weighted by Gasteiger charge is 2.31. The van der Waals surface area contributed by atoms with Gasteiger partial charge < -0.3 is 14.6 Å². The molecular formula is C21H27N3O3S. The molecule has 7 heteroatoms. The lowest BCUT2D eigenvalue weighted by Crippen LogP contribution is -2.48. The Morgan fingerprint density at radius 3 is 2.79 bits per heavy atom. The van der Waals surface area contributed by atoms with E-state index < -0.39 is 0 Å². The van der Waals surface area contributed by atoms with Gasteiger partial charge in [-0.15, -0.1) is 0 Å². The monoisotopic (exact) mass is 401 g/mol. The van der Waals surface area contributed by atoms with E-state index in [1.807, 2.05) is 37.1 Å². The molecule has 0 radical (unpaired) electrons. The van der Waals surface area contributed by atoms with Crippen LogP contribution in [0.15, 0.2) is 34.2 Å². The Morgan fingerprint density at radius 1 is 1.36 bits per heavy atom. The summed E-state index contributed by atoms with van der Waals surface area (Å²) in [6.07, 6.45) is 2.43. The Labute approximate surface area is 169 Å². The molecule has 1 fully saturated rings. The largest absolute Gasteiger partial charge is 0.370 e. The molecule has 1 aromatic carbocycles. The van der Waals surface area contributed by atoms with Gasteiger partial charge in [0.15, 0.2) is 5.16 Å². The third-order valence-electron chi connectivity index (χ3n) is 5.27. The van der Waals surface area contributed by atoms with Gasteiger partial charge in [-0.2, -0.15) is 0 Å². The molecule has 150 valence electrons. The fourth-order valence-electron chi connectivity index (χ4n) is 3.59. The number of hydrogen-bond donors (Lipinski definition) is 1. The average molecular weight is 402 g/mol. The maximum Gasteiger partial charge on any atom is 0.254 e. The number of aromatic amines is 1. The standard InChI is InChI=1S/C21H27N3O3S/c1-13-7-5-6-8-16(13)18-11-24(14(2)12-27-18)19(25)10-9-17-15(3)22-21(28-4)23-20(17)26/h5-8,14,18H,9-12H2,1-4H3,(H,22,23,26). The number of aryl methyl sites for hydroxylation is 2. The predicted octanol–water partition coefficient (Wildman–Crippen LogP) is 3.03. The maximum absolute atomic E-state index is 12.9. The Balaban J connectivity index is 1.70. The number of amides is 1. The molecule has 3 rings (SSSR count). The third-order valence-corrected chi connectivity index (χ3v) is 5.85. The number of carbonyl (C=O) groups is 1. The number of nitrogens with one attached hydrogen (secondary N) is 1. The van der Waals surface area contributed by atoms with Gasteiger partial charge in [0.2, 0.25) is 5.91 Å². The van der Waals surface area contributed by atoms with Crippen molar-refractivity contribution >= 4 is 17.7 Å². The number of carbonyl (C=O) groups excluding carboxylic acids is 1. The number of H-pyrrole nitrogens is 1. The summed E-state index contributed by atoms with van der Waals surface area (Å²) < 4.78 is 6.00. The second-order valence-corrected chi connectivity index (χ2v) is 8.01. The molecule has 2 aromatic rings. The quantitative estimate of drug-likeness (QED) is 0.616. The Hall–Kier alpha value is -2.12. The summed E-state index contributed by atoms with van der Waals surface area (Å²) in [5.41, 5.74) is 3.40. The van der Waals surface area contributed by atoms with Gasteiger partial charge in [-0.05, 0) is 44.6 Å². The van der Waals surface area contributed by atoms with Crippen LogP contribution < -0.4 is 5.56 Å². The normalized spacial score (nSPS) is 19.6. The van der Waals surface area contributed by atoms with Crippen molar-refractivity contribution in [1.82, 2.24) is 14.9 Å². The molecule has 1 N–H and O–H groups in total. The SMILES string of the molecule is CSc1nc(C)c(CCC(=O)N2CC(c3ccccc3C)OCC2C)c(=O)[nH]1. The molecule has 1 amide bonds. The highest BCUT2D eigenvalue weighted by molar-refractivity contribution is 7.98. The lowest BCUT2D eigenvalue weighted by molar-refractivity contribution is -0.144. The topological polar surface area (TPSA) is 75.3 Å². The number of aromatic nitrogens is 2. The number of benzene rings is 1. The van der Waals surface area contributed by atoms with Crippen LogP contribution in [0, 0.1) is 13.8 Å². The van der Waals surface area contributed by atoms with E-state index in [2.05, 4.69) is 29.0 Å². The summed E-state index contributed by atoms with van der Waals surface area (Å²) in [7, 11) is 0. The van der Waals surface area contributed by atoms with Crippen LogP contribution in [0.25, 0.3) is 0 Å². The van der Waals surface area contributed by atoms with E-state index in [-0.39, 0.29) is 30.0 Å². The van der Waals surface area contributed by atoms with Crippen molar-refractivity contribution in [2.45, 2.75) is 50.9 Å². The zero-order valence-corrected chi connectivity index (χ0v) is 17.6. The molecule has 0 saturated carbocycles. The molecule has 0 bridgehead atoms. The van der Waals surface area contributed by atoms with Gasteiger partial charge in [-0.1, -0.05) is 36.0 Å². The molecule has 0 aliphatic carbocycles. The van der Waals surface area contributed by atoms with Crippen molar-refractivity contribution in [3.63, 3.8) is 0 Å². The van der Waals surface area contributed by atoms with Crippen molar-refractivity contribution in [1.29, 1.82) is 0 Å². The second kappa shape index (κ2) is 8.92. The zero-order chi connectivity index (χ0) is 20.3. The fraction of sp³-hybridized carbons (Fsp3) is 0.476.